The quantitative estimate of drug-likeness (QED) is 0.880. The molecule has 1 aromatic rings. The second kappa shape index (κ2) is 4.55. The van der Waals surface area contributed by atoms with Gasteiger partial charge in [0.25, 0.3) is 0 Å². The van der Waals surface area contributed by atoms with E-state index in [0.717, 1.165) is 13.1 Å². The monoisotopic (exact) mass is 260 g/mol. The highest BCUT2D eigenvalue weighted by Gasteiger charge is 2.10. The van der Waals surface area contributed by atoms with Crippen LogP contribution in [0.15, 0.2) is 15.9 Å². The normalized spacial score (nSPS) is 19.2. The van der Waals surface area contributed by atoms with Gasteiger partial charge < -0.3 is 0 Å². The molecule has 1 aliphatic rings. The topological polar surface area (TPSA) is 15.3 Å². The molecule has 0 radical (unpaired) electrons. The Hall–Kier alpha value is 0.1000. The van der Waals surface area contributed by atoms with Gasteiger partial charge in [-0.15, -0.1) is 11.3 Å². The SMILES string of the molecule is Brc1csc(CN2CCCCN2)c1. The lowest BCUT2D eigenvalue weighted by Crippen LogP contribution is -2.42. The number of hydrazine groups is 1. The number of hydrogen-bond acceptors (Lipinski definition) is 3. The highest BCUT2D eigenvalue weighted by molar-refractivity contribution is 9.10. The molecule has 1 N–H and O–H groups in total. The van der Waals surface area contributed by atoms with Crippen molar-refractivity contribution in [3.05, 3.63) is 20.8 Å². The van der Waals surface area contributed by atoms with E-state index in [1.807, 2.05) is 11.3 Å². The van der Waals surface area contributed by atoms with Crippen LogP contribution in [0.1, 0.15) is 17.7 Å². The minimum absolute atomic E-state index is 1.04. The van der Waals surface area contributed by atoms with E-state index in [1.54, 1.807) is 0 Å². The third-order valence-corrected chi connectivity index (χ3v) is 3.84. The molecule has 0 saturated carbocycles. The van der Waals surface area contributed by atoms with E-state index in [-0.39, 0.29) is 0 Å². The molecule has 0 aliphatic carbocycles. The second-order valence-corrected chi connectivity index (χ2v) is 5.18. The Labute approximate surface area is 91.0 Å². The van der Waals surface area contributed by atoms with Crippen molar-refractivity contribution in [3.63, 3.8) is 0 Å². The molecule has 1 fully saturated rings. The van der Waals surface area contributed by atoms with Gasteiger partial charge in [0.15, 0.2) is 0 Å². The summed E-state index contributed by atoms with van der Waals surface area (Å²) >= 11 is 5.28. The van der Waals surface area contributed by atoms with Crippen LogP contribution in [0.25, 0.3) is 0 Å². The number of nitrogens with one attached hydrogen (secondary N) is 1. The van der Waals surface area contributed by atoms with E-state index in [1.165, 1.54) is 28.7 Å². The molecule has 1 aliphatic heterocycles. The van der Waals surface area contributed by atoms with Gasteiger partial charge in [-0.05, 0) is 34.8 Å². The van der Waals surface area contributed by atoms with Gasteiger partial charge >= 0.3 is 0 Å². The van der Waals surface area contributed by atoms with E-state index in [2.05, 4.69) is 37.8 Å². The average Bonchev–Trinajstić information content (AvgIpc) is 2.53. The van der Waals surface area contributed by atoms with E-state index in [4.69, 9.17) is 0 Å². The summed E-state index contributed by atoms with van der Waals surface area (Å²) in [5.41, 5.74) is 3.40. The first-order chi connectivity index (χ1) is 6.34. The van der Waals surface area contributed by atoms with Gasteiger partial charge in [0.2, 0.25) is 0 Å². The highest BCUT2D eigenvalue weighted by atomic mass is 79.9. The summed E-state index contributed by atoms with van der Waals surface area (Å²) in [4.78, 5) is 1.42. The molecule has 4 heteroatoms. The van der Waals surface area contributed by atoms with Crippen molar-refractivity contribution < 1.29 is 0 Å². The summed E-state index contributed by atoms with van der Waals surface area (Å²) in [6.07, 6.45) is 2.63. The molecule has 0 aromatic carbocycles. The van der Waals surface area contributed by atoms with Crippen molar-refractivity contribution in [2.75, 3.05) is 13.1 Å². The summed E-state index contributed by atoms with van der Waals surface area (Å²) < 4.78 is 1.20. The fraction of sp³-hybridized carbons (Fsp3) is 0.556. The Kier molecular flexibility index (Phi) is 3.38. The number of thiophene rings is 1. The molecule has 0 spiro atoms. The molecule has 13 heavy (non-hydrogen) atoms. The molecule has 2 rings (SSSR count). The van der Waals surface area contributed by atoms with Crippen molar-refractivity contribution in [2.45, 2.75) is 19.4 Å². The van der Waals surface area contributed by atoms with Gasteiger partial charge in [0.05, 0.1) is 0 Å². The number of nitrogens with zero attached hydrogens (tertiary/aromatic N) is 1. The largest absolute Gasteiger partial charge is 0.255 e. The maximum atomic E-state index is 3.47. The molecular weight excluding hydrogens is 248 g/mol. The molecule has 0 unspecified atom stereocenters. The molecule has 1 aromatic heterocycles. The van der Waals surface area contributed by atoms with Crippen LogP contribution >= 0.6 is 27.3 Å². The van der Waals surface area contributed by atoms with E-state index in [9.17, 15) is 0 Å². The molecule has 0 atom stereocenters. The summed E-state index contributed by atoms with van der Waals surface area (Å²) in [6.45, 7) is 3.35. The lowest BCUT2D eigenvalue weighted by molar-refractivity contribution is 0.146. The lowest BCUT2D eigenvalue weighted by Gasteiger charge is -2.26. The molecular formula is C9H13BrN2S. The Morgan fingerprint density at radius 1 is 1.54 bits per heavy atom. The van der Waals surface area contributed by atoms with Crippen LogP contribution in [0.4, 0.5) is 0 Å². The van der Waals surface area contributed by atoms with E-state index in [0.29, 0.717) is 0 Å². The zero-order valence-corrected chi connectivity index (χ0v) is 9.83. The molecule has 72 valence electrons. The van der Waals surface area contributed by atoms with Crippen molar-refractivity contribution >= 4 is 27.3 Å². The molecule has 0 bridgehead atoms. The number of halogens is 1. The maximum absolute atomic E-state index is 3.47. The van der Waals surface area contributed by atoms with Crippen molar-refractivity contribution in [2.24, 2.45) is 0 Å². The first-order valence-electron chi connectivity index (χ1n) is 4.56. The predicted molar refractivity (Wildman–Crippen MR) is 59.7 cm³/mol. The fourth-order valence-electron chi connectivity index (χ4n) is 1.50. The number of rotatable bonds is 2. The van der Waals surface area contributed by atoms with E-state index >= 15 is 0 Å². The minimum Gasteiger partial charge on any atom is -0.255 e. The Morgan fingerprint density at radius 3 is 3.08 bits per heavy atom. The zero-order valence-electron chi connectivity index (χ0n) is 7.42. The van der Waals surface area contributed by atoms with Gasteiger partial charge in [-0.2, -0.15) is 0 Å². The van der Waals surface area contributed by atoms with Crippen LogP contribution in [-0.4, -0.2) is 18.1 Å². The van der Waals surface area contributed by atoms with Crippen LogP contribution in [0, 0.1) is 0 Å². The van der Waals surface area contributed by atoms with Crippen molar-refractivity contribution in [3.8, 4) is 0 Å². The summed E-state index contributed by atoms with van der Waals surface area (Å²) in [7, 11) is 0. The number of hydrogen-bond donors (Lipinski definition) is 1. The summed E-state index contributed by atoms with van der Waals surface area (Å²) in [5, 5.41) is 4.45. The average molecular weight is 261 g/mol. The summed E-state index contributed by atoms with van der Waals surface area (Å²) in [6, 6.07) is 2.20. The molecule has 2 nitrogen and oxygen atoms in total. The Balaban J connectivity index is 1.89. The molecule has 2 heterocycles. The highest BCUT2D eigenvalue weighted by Crippen LogP contribution is 2.21. The smallest absolute Gasteiger partial charge is 0.0476 e. The zero-order chi connectivity index (χ0) is 9.10. The van der Waals surface area contributed by atoms with Crippen LogP contribution in [0.3, 0.4) is 0 Å². The van der Waals surface area contributed by atoms with Crippen LogP contribution in [0.5, 0.6) is 0 Å². The third kappa shape index (κ3) is 2.77. The van der Waals surface area contributed by atoms with Crippen LogP contribution < -0.4 is 5.43 Å². The lowest BCUT2D eigenvalue weighted by atomic mass is 10.2. The van der Waals surface area contributed by atoms with Crippen LogP contribution in [0.2, 0.25) is 0 Å². The first-order valence-corrected chi connectivity index (χ1v) is 6.23. The second-order valence-electron chi connectivity index (χ2n) is 3.27. The van der Waals surface area contributed by atoms with Gasteiger partial charge in [0.1, 0.15) is 0 Å². The Bertz CT molecular complexity index is 268. The summed E-state index contributed by atoms with van der Waals surface area (Å²) in [5.74, 6) is 0. The first kappa shape index (κ1) is 9.65. The minimum atomic E-state index is 1.04. The van der Waals surface area contributed by atoms with E-state index < -0.39 is 0 Å². The van der Waals surface area contributed by atoms with Crippen molar-refractivity contribution in [1.29, 1.82) is 0 Å². The van der Waals surface area contributed by atoms with Gasteiger partial charge in [0, 0.05) is 34.4 Å². The van der Waals surface area contributed by atoms with Gasteiger partial charge in [-0.25, -0.2) is 5.01 Å². The van der Waals surface area contributed by atoms with Gasteiger partial charge in [-0.1, -0.05) is 0 Å². The predicted octanol–water partition coefficient (Wildman–Crippen LogP) is 2.61. The molecule has 0 amide bonds. The van der Waals surface area contributed by atoms with Gasteiger partial charge in [-0.3, -0.25) is 5.43 Å². The maximum Gasteiger partial charge on any atom is 0.0476 e. The molecule has 1 saturated heterocycles. The van der Waals surface area contributed by atoms with Crippen molar-refractivity contribution in [1.82, 2.24) is 10.4 Å². The fourth-order valence-corrected chi connectivity index (χ4v) is 2.97. The Morgan fingerprint density at radius 2 is 2.46 bits per heavy atom. The third-order valence-electron chi connectivity index (χ3n) is 2.16. The van der Waals surface area contributed by atoms with Crippen LogP contribution in [-0.2, 0) is 6.54 Å². The standard InChI is InChI=1S/C9H13BrN2S/c10-8-5-9(13-7-8)6-12-4-2-1-3-11-12/h5,7,11H,1-4,6H2.